The first-order valence-corrected chi connectivity index (χ1v) is 20.9. The van der Waals surface area contributed by atoms with E-state index in [0.717, 1.165) is 66.4 Å². The van der Waals surface area contributed by atoms with Gasteiger partial charge in [0.15, 0.2) is 0 Å². The van der Waals surface area contributed by atoms with Gasteiger partial charge in [-0.05, 0) is 45.4 Å². The molecular weight excluding hydrogens is 833 g/mol. The molecule has 9 aromatic rings. The summed E-state index contributed by atoms with van der Waals surface area (Å²) in [6, 6.07) is 46.1. The molecule has 0 atom stereocenters. The smallest absolute Gasteiger partial charge is 0.134 e. The Bertz CT molecular complexity index is 2720. The van der Waals surface area contributed by atoms with Crippen LogP contribution in [0.25, 0.3) is 77.5 Å². The van der Waals surface area contributed by atoms with Crippen LogP contribution < -0.4 is 5.19 Å². The van der Waals surface area contributed by atoms with Crippen LogP contribution in [0, 0.1) is 12.1 Å². The Hall–Kier alpha value is -5.13. The molecule has 4 nitrogen and oxygen atoms in total. The molecule has 257 valence electrons. The summed E-state index contributed by atoms with van der Waals surface area (Å²) in [5.41, 5.74) is 12.3. The molecular formula is C46H36IrN2O2Si-2. The fourth-order valence-corrected chi connectivity index (χ4v) is 9.13. The monoisotopic (exact) mass is 869 g/mol. The molecule has 5 aromatic carbocycles. The van der Waals surface area contributed by atoms with Gasteiger partial charge in [-0.2, -0.15) is 0 Å². The van der Waals surface area contributed by atoms with Crippen LogP contribution in [0.2, 0.25) is 19.6 Å². The van der Waals surface area contributed by atoms with E-state index in [1.807, 2.05) is 60.8 Å². The first-order chi connectivity index (χ1) is 24.7. The molecule has 0 spiro atoms. The summed E-state index contributed by atoms with van der Waals surface area (Å²) in [6.45, 7) is 11.7. The van der Waals surface area contributed by atoms with Gasteiger partial charge < -0.3 is 18.8 Å². The van der Waals surface area contributed by atoms with E-state index in [1.165, 1.54) is 27.4 Å². The Morgan fingerprint density at radius 2 is 1.40 bits per heavy atom. The molecule has 52 heavy (non-hydrogen) atoms. The van der Waals surface area contributed by atoms with E-state index < -0.39 is 8.07 Å². The van der Waals surface area contributed by atoms with E-state index in [4.69, 9.17) is 13.8 Å². The van der Waals surface area contributed by atoms with E-state index >= 15 is 0 Å². The predicted molar refractivity (Wildman–Crippen MR) is 212 cm³/mol. The Balaban J connectivity index is 0.000000253. The van der Waals surface area contributed by atoms with Crippen LogP contribution in [0.4, 0.5) is 0 Å². The number of hydrogen-bond acceptors (Lipinski definition) is 4. The van der Waals surface area contributed by atoms with Crippen molar-refractivity contribution in [3.63, 3.8) is 0 Å². The summed E-state index contributed by atoms with van der Waals surface area (Å²) in [4.78, 5) is 9.12. The van der Waals surface area contributed by atoms with Gasteiger partial charge in [0.1, 0.15) is 16.7 Å². The van der Waals surface area contributed by atoms with Gasteiger partial charge >= 0.3 is 0 Å². The first kappa shape index (κ1) is 34.0. The minimum absolute atomic E-state index is 0. The standard InChI is InChI=1S/C35H28NO2Si.C11H8N.Ir/c1-35(2)26-14-7-6-10-23(26)31-27(35)17-16-22-20-11-8-13-24(32(20)38-34(22)31)28-18-29-25(19-36-28)21-12-9-15-30(33(21)37-29)39(3,4)5;1-2-6-10(7-3-1)11-8-4-5-9-12-11;/h6-12,14-19H,1-5H3;1-6,8-9H;/q2*-1;. The fourth-order valence-electron chi connectivity index (χ4n) is 7.67. The zero-order valence-corrected chi connectivity index (χ0v) is 33.1. The Kier molecular flexibility index (Phi) is 8.38. The molecule has 1 aliphatic carbocycles. The van der Waals surface area contributed by atoms with Crippen molar-refractivity contribution in [1.29, 1.82) is 0 Å². The van der Waals surface area contributed by atoms with Crippen LogP contribution >= 0.6 is 0 Å². The van der Waals surface area contributed by atoms with Gasteiger partial charge in [0.2, 0.25) is 0 Å². The molecule has 1 aliphatic rings. The van der Waals surface area contributed by atoms with Crippen molar-refractivity contribution >= 4 is 57.1 Å². The Morgan fingerprint density at radius 3 is 2.19 bits per heavy atom. The Labute approximate surface area is 317 Å². The van der Waals surface area contributed by atoms with Crippen molar-refractivity contribution in [2.24, 2.45) is 0 Å². The van der Waals surface area contributed by atoms with Crippen molar-refractivity contribution in [2.45, 2.75) is 38.9 Å². The summed E-state index contributed by atoms with van der Waals surface area (Å²) in [5.74, 6) is 0. The molecule has 0 amide bonds. The number of para-hydroxylation sites is 1. The molecule has 0 N–H and O–H groups in total. The number of hydrogen-bond donors (Lipinski definition) is 0. The van der Waals surface area contributed by atoms with Crippen LogP contribution in [0.1, 0.15) is 25.0 Å². The van der Waals surface area contributed by atoms with E-state index in [0.29, 0.717) is 0 Å². The number of furan rings is 2. The zero-order valence-electron chi connectivity index (χ0n) is 29.7. The summed E-state index contributed by atoms with van der Waals surface area (Å²) in [7, 11) is -1.57. The fraction of sp³-hybridized carbons (Fsp3) is 0.130. The largest absolute Gasteiger partial charge is 0.500 e. The average Bonchev–Trinajstić information content (AvgIpc) is 3.79. The number of nitrogens with zero attached hydrogens (tertiary/aromatic N) is 2. The van der Waals surface area contributed by atoms with Crippen LogP contribution in [0.3, 0.4) is 0 Å². The van der Waals surface area contributed by atoms with Gasteiger partial charge in [0, 0.05) is 59.6 Å². The van der Waals surface area contributed by atoms with E-state index in [-0.39, 0.29) is 25.5 Å². The number of fused-ring (bicyclic) bond motifs is 10. The summed E-state index contributed by atoms with van der Waals surface area (Å²) < 4.78 is 13.3. The maximum Gasteiger partial charge on any atom is 0.134 e. The van der Waals surface area contributed by atoms with Crippen molar-refractivity contribution in [3.8, 4) is 33.6 Å². The van der Waals surface area contributed by atoms with Gasteiger partial charge in [-0.25, -0.2) is 0 Å². The van der Waals surface area contributed by atoms with Crippen molar-refractivity contribution in [3.05, 3.63) is 151 Å². The van der Waals surface area contributed by atoms with Gasteiger partial charge in [0.25, 0.3) is 0 Å². The topological polar surface area (TPSA) is 52.1 Å². The molecule has 0 fully saturated rings. The van der Waals surface area contributed by atoms with Crippen molar-refractivity contribution in [1.82, 2.24) is 9.97 Å². The van der Waals surface area contributed by atoms with E-state index in [9.17, 15) is 0 Å². The van der Waals surface area contributed by atoms with Gasteiger partial charge in [-0.1, -0.05) is 111 Å². The summed E-state index contributed by atoms with van der Waals surface area (Å²) >= 11 is 0. The quantitative estimate of drug-likeness (QED) is 0.131. The molecule has 6 heteroatoms. The summed E-state index contributed by atoms with van der Waals surface area (Å²) in [6.07, 6.45) is 3.73. The number of pyridine rings is 2. The second kappa shape index (κ2) is 12.8. The normalized spacial score (nSPS) is 13.1. The molecule has 0 unspecified atom stereocenters. The molecule has 4 aromatic heterocycles. The molecule has 0 aliphatic heterocycles. The van der Waals surface area contributed by atoms with Crippen LogP contribution in [0.15, 0.2) is 136 Å². The van der Waals surface area contributed by atoms with Gasteiger partial charge in [-0.3, -0.25) is 0 Å². The van der Waals surface area contributed by atoms with Crippen LogP contribution in [-0.2, 0) is 25.5 Å². The third-order valence-electron chi connectivity index (χ3n) is 10.2. The molecule has 0 saturated heterocycles. The third-order valence-corrected chi connectivity index (χ3v) is 12.3. The van der Waals surface area contributed by atoms with E-state index in [1.54, 1.807) is 6.20 Å². The van der Waals surface area contributed by atoms with Crippen molar-refractivity contribution < 1.29 is 28.9 Å². The van der Waals surface area contributed by atoms with Crippen molar-refractivity contribution in [2.75, 3.05) is 0 Å². The minimum atomic E-state index is -1.57. The minimum Gasteiger partial charge on any atom is -0.500 e. The molecule has 10 rings (SSSR count). The average molecular weight is 869 g/mol. The second-order valence-corrected chi connectivity index (χ2v) is 19.9. The maximum atomic E-state index is 6.77. The SMILES string of the molecule is CC1(C)c2ccccc2-c2c1ccc1c2oc2c(-c3cc4oc5c([Si](C)(C)C)cccc5c4cn3)[c-]ccc21.[Ir].[c-]1ccccc1-c1ccccn1. The first-order valence-electron chi connectivity index (χ1n) is 17.4. The molecule has 0 bridgehead atoms. The number of rotatable bonds is 3. The van der Waals surface area contributed by atoms with E-state index in [2.05, 4.69) is 111 Å². The maximum absolute atomic E-state index is 6.77. The zero-order chi connectivity index (χ0) is 34.9. The molecule has 0 saturated carbocycles. The Morgan fingerprint density at radius 1 is 0.615 bits per heavy atom. The predicted octanol–water partition coefficient (Wildman–Crippen LogP) is 11.7. The number of benzene rings is 5. The number of aromatic nitrogens is 2. The molecule has 4 heterocycles. The second-order valence-electron chi connectivity index (χ2n) is 14.8. The third kappa shape index (κ3) is 5.45. The summed E-state index contributed by atoms with van der Waals surface area (Å²) in [5, 5.41) is 5.71. The van der Waals surface area contributed by atoms with Gasteiger partial charge in [-0.15, -0.1) is 54.1 Å². The van der Waals surface area contributed by atoms with Gasteiger partial charge in [0.05, 0.1) is 13.7 Å². The van der Waals surface area contributed by atoms with Crippen LogP contribution in [-0.4, -0.2) is 18.0 Å². The molecule has 1 radical (unpaired) electrons. The van der Waals surface area contributed by atoms with Crippen LogP contribution in [0.5, 0.6) is 0 Å².